The number of hydrogen-bond donors (Lipinski definition) is 1. The lowest BCUT2D eigenvalue weighted by Gasteiger charge is -2.09. The molecule has 3 heteroatoms. The predicted octanol–water partition coefficient (Wildman–Crippen LogP) is 3.19. The van der Waals surface area contributed by atoms with Crippen molar-refractivity contribution in [1.82, 2.24) is 5.32 Å². The number of carbonyl (C=O) groups excluding carboxylic acids is 1. The van der Waals surface area contributed by atoms with Crippen LogP contribution in [-0.2, 0) is 11.2 Å². The van der Waals surface area contributed by atoms with Crippen LogP contribution in [0.5, 0.6) is 0 Å². The number of benzene rings is 2. The maximum atomic E-state index is 11.7. The van der Waals surface area contributed by atoms with Gasteiger partial charge in [0.25, 0.3) is 0 Å². The molecular formula is C17H18N2O. The second-order valence-electron chi connectivity index (χ2n) is 4.84. The van der Waals surface area contributed by atoms with Crippen LogP contribution in [0.15, 0.2) is 42.5 Å². The zero-order valence-corrected chi connectivity index (χ0v) is 11.6. The minimum atomic E-state index is -0.376. The van der Waals surface area contributed by atoms with Gasteiger partial charge < -0.3 is 5.32 Å². The topological polar surface area (TPSA) is 52.9 Å². The zero-order valence-electron chi connectivity index (χ0n) is 11.6. The Balaban J connectivity index is 1.95. The van der Waals surface area contributed by atoms with Crippen LogP contribution >= 0.6 is 0 Å². The van der Waals surface area contributed by atoms with Gasteiger partial charge in [-0.3, -0.25) is 4.79 Å². The number of amides is 1. The fourth-order valence-corrected chi connectivity index (χ4v) is 2.14. The van der Waals surface area contributed by atoms with Crippen molar-refractivity contribution in [3.05, 3.63) is 48.0 Å². The standard InChI is InChI=1S/C17H18N2O/c1-2-16(12-18)19-17(20)10-8-13-7-9-14-5-3-4-6-15(14)11-13/h3-7,9,11,16H,2,8,10H2,1H3,(H,19,20)/t16-/m0/s1. The van der Waals surface area contributed by atoms with Gasteiger partial charge in [0.05, 0.1) is 6.07 Å². The van der Waals surface area contributed by atoms with Crippen LogP contribution in [0, 0.1) is 11.3 Å². The normalized spacial score (nSPS) is 11.8. The lowest BCUT2D eigenvalue weighted by Crippen LogP contribution is -2.33. The number of nitrogens with zero attached hydrogens (tertiary/aromatic N) is 1. The van der Waals surface area contributed by atoms with E-state index >= 15 is 0 Å². The summed E-state index contributed by atoms with van der Waals surface area (Å²) < 4.78 is 0. The van der Waals surface area contributed by atoms with E-state index in [-0.39, 0.29) is 11.9 Å². The SMILES string of the molecule is CC[C@@H](C#N)NC(=O)CCc1ccc2ccccc2c1. The summed E-state index contributed by atoms with van der Waals surface area (Å²) in [5, 5.41) is 13.9. The first-order valence-electron chi connectivity index (χ1n) is 6.89. The summed E-state index contributed by atoms with van der Waals surface area (Å²) in [5.74, 6) is -0.0634. The van der Waals surface area contributed by atoms with E-state index in [2.05, 4.69) is 41.7 Å². The summed E-state index contributed by atoms with van der Waals surface area (Å²) in [4.78, 5) is 11.7. The number of hydrogen-bond acceptors (Lipinski definition) is 2. The molecule has 0 unspecified atom stereocenters. The average molecular weight is 266 g/mol. The highest BCUT2D eigenvalue weighted by Gasteiger charge is 2.09. The number of aryl methyl sites for hydroxylation is 1. The summed E-state index contributed by atoms with van der Waals surface area (Å²) in [6, 6.07) is 16.1. The van der Waals surface area contributed by atoms with Crippen molar-refractivity contribution in [2.45, 2.75) is 32.2 Å². The van der Waals surface area contributed by atoms with Gasteiger partial charge in [-0.1, -0.05) is 49.4 Å². The molecule has 0 saturated carbocycles. The maximum Gasteiger partial charge on any atom is 0.221 e. The molecule has 0 bridgehead atoms. The first-order chi connectivity index (χ1) is 9.72. The van der Waals surface area contributed by atoms with Crippen molar-refractivity contribution in [2.75, 3.05) is 0 Å². The molecule has 0 fully saturated rings. The number of carbonyl (C=O) groups is 1. The lowest BCUT2D eigenvalue weighted by atomic mass is 10.0. The Kier molecular flexibility index (Phi) is 4.73. The highest BCUT2D eigenvalue weighted by atomic mass is 16.1. The van der Waals surface area contributed by atoms with Gasteiger partial charge in [0, 0.05) is 6.42 Å². The Morgan fingerprint density at radius 2 is 2.00 bits per heavy atom. The van der Waals surface area contributed by atoms with E-state index < -0.39 is 0 Å². The molecule has 0 heterocycles. The van der Waals surface area contributed by atoms with E-state index in [1.165, 1.54) is 10.8 Å². The predicted molar refractivity (Wildman–Crippen MR) is 80.1 cm³/mol. The smallest absolute Gasteiger partial charge is 0.221 e. The minimum absolute atomic E-state index is 0.0634. The Hall–Kier alpha value is -2.34. The van der Waals surface area contributed by atoms with E-state index in [0.29, 0.717) is 19.3 Å². The Morgan fingerprint density at radius 3 is 2.70 bits per heavy atom. The van der Waals surface area contributed by atoms with Crippen LogP contribution in [0.3, 0.4) is 0 Å². The monoisotopic (exact) mass is 266 g/mol. The average Bonchev–Trinajstić information content (AvgIpc) is 2.50. The third kappa shape index (κ3) is 3.58. The van der Waals surface area contributed by atoms with Gasteiger partial charge in [0.15, 0.2) is 0 Å². The highest BCUT2D eigenvalue weighted by Crippen LogP contribution is 2.16. The molecule has 0 saturated heterocycles. The molecule has 1 amide bonds. The van der Waals surface area contributed by atoms with Gasteiger partial charge in [0.2, 0.25) is 5.91 Å². The van der Waals surface area contributed by atoms with Gasteiger partial charge in [-0.2, -0.15) is 5.26 Å². The summed E-state index contributed by atoms with van der Waals surface area (Å²) in [6.07, 6.45) is 1.74. The fraction of sp³-hybridized carbons (Fsp3) is 0.294. The van der Waals surface area contributed by atoms with Crippen LogP contribution in [0.1, 0.15) is 25.3 Å². The molecule has 2 aromatic carbocycles. The number of fused-ring (bicyclic) bond motifs is 1. The Labute approximate surface area is 119 Å². The lowest BCUT2D eigenvalue weighted by molar-refractivity contribution is -0.121. The fourth-order valence-electron chi connectivity index (χ4n) is 2.14. The van der Waals surface area contributed by atoms with E-state index in [0.717, 1.165) is 5.56 Å². The third-order valence-corrected chi connectivity index (χ3v) is 3.35. The van der Waals surface area contributed by atoms with Gasteiger partial charge >= 0.3 is 0 Å². The molecule has 2 aromatic rings. The van der Waals surface area contributed by atoms with Crippen LogP contribution in [0.25, 0.3) is 10.8 Å². The van der Waals surface area contributed by atoms with Gasteiger partial charge in [-0.05, 0) is 29.2 Å². The molecule has 1 atom stereocenters. The van der Waals surface area contributed by atoms with Crippen molar-refractivity contribution in [2.24, 2.45) is 0 Å². The highest BCUT2D eigenvalue weighted by molar-refractivity contribution is 5.83. The summed E-state index contributed by atoms with van der Waals surface area (Å²) in [5.41, 5.74) is 1.14. The van der Waals surface area contributed by atoms with Crippen molar-refractivity contribution < 1.29 is 4.79 Å². The second kappa shape index (κ2) is 6.72. The molecule has 0 aliphatic heterocycles. The molecule has 0 aliphatic carbocycles. The second-order valence-corrected chi connectivity index (χ2v) is 4.84. The largest absolute Gasteiger partial charge is 0.340 e. The maximum absolute atomic E-state index is 11.7. The zero-order chi connectivity index (χ0) is 14.4. The van der Waals surface area contributed by atoms with Gasteiger partial charge in [0.1, 0.15) is 6.04 Å². The first kappa shape index (κ1) is 14.1. The molecule has 0 aliphatic rings. The van der Waals surface area contributed by atoms with E-state index in [1.54, 1.807) is 0 Å². The summed E-state index contributed by atoms with van der Waals surface area (Å²) in [7, 11) is 0. The van der Waals surface area contributed by atoms with Crippen LogP contribution in [0.2, 0.25) is 0 Å². The molecular weight excluding hydrogens is 248 g/mol. The molecule has 102 valence electrons. The Morgan fingerprint density at radius 1 is 1.25 bits per heavy atom. The van der Waals surface area contributed by atoms with Crippen LogP contribution in [-0.4, -0.2) is 11.9 Å². The van der Waals surface area contributed by atoms with Crippen molar-refractivity contribution in [1.29, 1.82) is 5.26 Å². The third-order valence-electron chi connectivity index (χ3n) is 3.35. The first-order valence-corrected chi connectivity index (χ1v) is 6.89. The summed E-state index contributed by atoms with van der Waals surface area (Å²) >= 11 is 0. The van der Waals surface area contributed by atoms with Gasteiger partial charge in [-0.25, -0.2) is 0 Å². The Bertz CT molecular complexity index is 643. The molecule has 0 spiro atoms. The molecule has 3 nitrogen and oxygen atoms in total. The van der Waals surface area contributed by atoms with E-state index in [4.69, 9.17) is 5.26 Å². The van der Waals surface area contributed by atoms with E-state index in [1.807, 2.05) is 19.1 Å². The minimum Gasteiger partial charge on any atom is -0.340 e. The molecule has 20 heavy (non-hydrogen) atoms. The van der Waals surface area contributed by atoms with Gasteiger partial charge in [-0.15, -0.1) is 0 Å². The summed E-state index contributed by atoms with van der Waals surface area (Å²) in [6.45, 7) is 1.89. The van der Waals surface area contributed by atoms with Crippen LogP contribution < -0.4 is 5.32 Å². The number of nitriles is 1. The number of nitrogens with one attached hydrogen (secondary N) is 1. The molecule has 1 N–H and O–H groups in total. The van der Waals surface area contributed by atoms with E-state index in [9.17, 15) is 4.79 Å². The molecule has 2 rings (SSSR count). The number of rotatable bonds is 5. The molecule has 0 aromatic heterocycles. The van der Waals surface area contributed by atoms with Crippen molar-refractivity contribution in [3.63, 3.8) is 0 Å². The van der Waals surface area contributed by atoms with Crippen molar-refractivity contribution in [3.8, 4) is 6.07 Å². The quantitative estimate of drug-likeness (QED) is 0.903. The molecule has 0 radical (unpaired) electrons. The van der Waals surface area contributed by atoms with Crippen LogP contribution in [0.4, 0.5) is 0 Å². The van der Waals surface area contributed by atoms with Crippen molar-refractivity contribution >= 4 is 16.7 Å².